The quantitative estimate of drug-likeness (QED) is 0.921. The molecule has 0 bridgehead atoms. The van der Waals surface area contributed by atoms with Crippen molar-refractivity contribution in [2.45, 2.75) is 38.1 Å². The van der Waals surface area contributed by atoms with Crippen LogP contribution in [0.2, 0.25) is 0 Å². The van der Waals surface area contributed by atoms with E-state index in [0.29, 0.717) is 5.54 Å². The van der Waals surface area contributed by atoms with Gasteiger partial charge in [-0.05, 0) is 62.8 Å². The summed E-state index contributed by atoms with van der Waals surface area (Å²) >= 11 is 0. The number of hydrogen-bond acceptors (Lipinski definition) is 3. The zero-order chi connectivity index (χ0) is 14.3. The molecule has 1 unspecified atom stereocenters. The van der Waals surface area contributed by atoms with Gasteiger partial charge in [0.2, 0.25) is 0 Å². The minimum Gasteiger partial charge on any atom is -0.372 e. The monoisotopic (exact) mass is 285 g/mol. The fourth-order valence-corrected chi connectivity index (χ4v) is 4.07. The molecule has 1 aromatic carbocycles. The van der Waals surface area contributed by atoms with E-state index in [1.807, 2.05) is 0 Å². The van der Waals surface area contributed by atoms with Gasteiger partial charge in [0.1, 0.15) is 0 Å². The molecule has 0 radical (unpaired) electrons. The Morgan fingerprint density at radius 3 is 2.19 bits per heavy atom. The zero-order valence-corrected chi connectivity index (χ0v) is 13.1. The molecule has 2 saturated heterocycles. The van der Waals surface area contributed by atoms with Gasteiger partial charge in [0, 0.05) is 49.6 Å². The Kier molecular flexibility index (Phi) is 3.33. The third-order valence-electron chi connectivity index (χ3n) is 5.59. The van der Waals surface area contributed by atoms with Gasteiger partial charge in [0.05, 0.1) is 0 Å². The molecule has 1 aromatic rings. The number of nitrogens with zero attached hydrogens (tertiary/aromatic N) is 2. The van der Waals surface area contributed by atoms with Crippen LogP contribution in [0, 0.1) is 5.92 Å². The summed E-state index contributed by atoms with van der Waals surface area (Å²) in [6.45, 7) is 8.27. The van der Waals surface area contributed by atoms with E-state index in [2.05, 4.69) is 46.3 Å². The summed E-state index contributed by atoms with van der Waals surface area (Å²) in [7, 11) is 0. The van der Waals surface area contributed by atoms with Gasteiger partial charge in [0.25, 0.3) is 0 Å². The summed E-state index contributed by atoms with van der Waals surface area (Å²) in [5, 5.41) is 3.76. The van der Waals surface area contributed by atoms with Gasteiger partial charge in [-0.3, -0.25) is 0 Å². The molecule has 2 aliphatic heterocycles. The lowest BCUT2D eigenvalue weighted by Gasteiger charge is -2.43. The predicted octanol–water partition coefficient (Wildman–Crippen LogP) is 2.87. The van der Waals surface area contributed by atoms with E-state index in [0.717, 1.165) is 25.6 Å². The molecule has 0 amide bonds. The average Bonchev–Trinajstić information content (AvgIpc) is 3.24. The molecule has 0 spiro atoms. The lowest BCUT2D eigenvalue weighted by Crippen LogP contribution is -2.60. The lowest BCUT2D eigenvalue weighted by molar-refractivity contribution is 0.285. The second kappa shape index (κ2) is 5.20. The smallest absolute Gasteiger partial charge is 0.0368 e. The fourth-order valence-electron chi connectivity index (χ4n) is 4.07. The number of benzene rings is 1. The molecule has 114 valence electrons. The average molecular weight is 285 g/mol. The Balaban J connectivity index is 1.47. The van der Waals surface area contributed by atoms with Crippen molar-refractivity contribution in [1.29, 1.82) is 0 Å². The third kappa shape index (κ3) is 2.64. The largest absolute Gasteiger partial charge is 0.372 e. The van der Waals surface area contributed by atoms with E-state index in [9.17, 15) is 0 Å². The van der Waals surface area contributed by atoms with Crippen LogP contribution in [0.5, 0.6) is 0 Å². The van der Waals surface area contributed by atoms with Crippen LogP contribution in [0.4, 0.5) is 11.4 Å². The molecule has 1 atom stereocenters. The van der Waals surface area contributed by atoms with Crippen LogP contribution >= 0.6 is 0 Å². The second-order valence-corrected chi connectivity index (χ2v) is 7.25. The maximum atomic E-state index is 3.76. The van der Waals surface area contributed by atoms with Crippen LogP contribution in [0.15, 0.2) is 24.3 Å². The Labute approximate surface area is 128 Å². The van der Waals surface area contributed by atoms with Gasteiger partial charge >= 0.3 is 0 Å². The molecule has 2 heterocycles. The van der Waals surface area contributed by atoms with Gasteiger partial charge in [0.15, 0.2) is 0 Å². The minimum atomic E-state index is 0.325. The fraction of sp³-hybridized carbons (Fsp3) is 0.667. The summed E-state index contributed by atoms with van der Waals surface area (Å²) in [6, 6.07) is 9.28. The van der Waals surface area contributed by atoms with Crippen molar-refractivity contribution >= 4 is 11.4 Å². The normalized spacial score (nSPS) is 30.0. The minimum absolute atomic E-state index is 0.325. The first-order valence-electron chi connectivity index (χ1n) is 8.60. The molecule has 1 N–H and O–H groups in total. The summed E-state index contributed by atoms with van der Waals surface area (Å²) < 4.78 is 0. The first kappa shape index (κ1) is 13.4. The van der Waals surface area contributed by atoms with Gasteiger partial charge < -0.3 is 15.1 Å². The number of hydrogen-bond donors (Lipinski definition) is 1. The summed E-state index contributed by atoms with van der Waals surface area (Å²) in [4.78, 5) is 5.08. The van der Waals surface area contributed by atoms with Crippen molar-refractivity contribution in [3.8, 4) is 0 Å². The number of rotatable bonds is 3. The van der Waals surface area contributed by atoms with Crippen molar-refractivity contribution in [3.63, 3.8) is 0 Å². The van der Waals surface area contributed by atoms with Crippen LogP contribution < -0.4 is 15.1 Å². The van der Waals surface area contributed by atoms with Crippen LogP contribution in [0.1, 0.15) is 32.6 Å². The van der Waals surface area contributed by atoms with Crippen LogP contribution in [0.25, 0.3) is 0 Å². The number of anilines is 2. The Morgan fingerprint density at radius 2 is 1.57 bits per heavy atom. The van der Waals surface area contributed by atoms with Crippen molar-refractivity contribution in [3.05, 3.63) is 24.3 Å². The van der Waals surface area contributed by atoms with Gasteiger partial charge in [-0.1, -0.05) is 0 Å². The first-order valence-corrected chi connectivity index (χ1v) is 8.60. The molecule has 4 rings (SSSR count). The van der Waals surface area contributed by atoms with Gasteiger partial charge in [-0.2, -0.15) is 0 Å². The highest BCUT2D eigenvalue weighted by atomic mass is 15.2. The number of piperazine rings is 1. The molecule has 1 saturated carbocycles. The Bertz CT molecular complexity index is 488. The van der Waals surface area contributed by atoms with Gasteiger partial charge in [-0.15, -0.1) is 0 Å². The molecule has 3 nitrogen and oxygen atoms in total. The standard InChI is InChI=1S/C18H27N3/c1-18(15-4-5-15)14-21(13-10-19-18)17-8-6-16(7-9-17)20-11-2-3-12-20/h6-9,15,19H,2-5,10-14H2,1H3. The topological polar surface area (TPSA) is 18.5 Å². The van der Waals surface area contributed by atoms with E-state index < -0.39 is 0 Å². The van der Waals surface area contributed by atoms with Crippen molar-refractivity contribution in [1.82, 2.24) is 5.32 Å². The molecular weight excluding hydrogens is 258 g/mol. The zero-order valence-electron chi connectivity index (χ0n) is 13.1. The molecule has 3 aliphatic rings. The predicted molar refractivity (Wildman–Crippen MR) is 89.2 cm³/mol. The summed E-state index contributed by atoms with van der Waals surface area (Å²) in [6.07, 6.45) is 5.51. The highest BCUT2D eigenvalue weighted by Gasteiger charge is 2.43. The number of nitrogens with one attached hydrogen (secondary N) is 1. The lowest BCUT2D eigenvalue weighted by atomic mass is 9.92. The first-order chi connectivity index (χ1) is 10.2. The van der Waals surface area contributed by atoms with E-state index in [1.165, 1.54) is 50.1 Å². The molecule has 1 aliphatic carbocycles. The Morgan fingerprint density at radius 1 is 0.952 bits per heavy atom. The highest BCUT2D eigenvalue weighted by molar-refractivity contribution is 5.57. The molecule has 0 aromatic heterocycles. The summed E-state index contributed by atoms with van der Waals surface area (Å²) in [5.41, 5.74) is 3.12. The second-order valence-electron chi connectivity index (χ2n) is 7.25. The molecule has 3 fully saturated rings. The molecule has 21 heavy (non-hydrogen) atoms. The van der Waals surface area contributed by atoms with Crippen LogP contribution in [-0.2, 0) is 0 Å². The van der Waals surface area contributed by atoms with E-state index in [4.69, 9.17) is 0 Å². The molecular formula is C18H27N3. The van der Waals surface area contributed by atoms with Crippen LogP contribution in [0.3, 0.4) is 0 Å². The highest BCUT2D eigenvalue weighted by Crippen LogP contribution is 2.41. The van der Waals surface area contributed by atoms with Crippen molar-refractivity contribution in [2.24, 2.45) is 5.92 Å². The maximum Gasteiger partial charge on any atom is 0.0368 e. The van der Waals surface area contributed by atoms with E-state index >= 15 is 0 Å². The molecule has 3 heteroatoms. The van der Waals surface area contributed by atoms with E-state index in [1.54, 1.807) is 0 Å². The third-order valence-corrected chi connectivity index (χ3v) is 5.59. The van der Waals surface area contributed by atoms with Crippen LogP contribution in [-0.4, -0.2) is 38.3 Å². The van der Waals surface area contributed by atoms with Gasteiger partial charge in [-0.25, -0.2) is 0 Å². The SMILES string of the molecule is CC1(C2CC2)CN(c2ccc(N3CCCC3)cc2)CCN1. The summed E-state index contributed by atoms with van der Waals surface area (Å²) in [5.74, 6) is 0.893. The maximum absolute atomic E-state index is 3.76. The van der Waals surface area contributed by atoms with Crippen molar-refractivity contribution < 1.29 is 0 Å². The Hall–Kier alpha value is -1.22. The van der Waals surface area contributed by atoms with Crippen molar-refractivity contribution in [2.75, 3.05) is 42.5 Å². The van der Waals surface area contributed by atoms with E-state index in [-0.39, 0.29) is 0 Å².